The number of esters is 1. The van der Waals surface area contributed by atoms with E-state index < -0.39 is 18.2 Å². The lowest BCUT2D eigenvalue weighted by Gasteiger charge is -2.16. The average Bonchev–Trinajstić information content (AvgIpc) is 2.70. The number of carbonyl (C=O) groups excluding carboxylic acids is 1. The average molecular weight is 252 g/mol. The molecule has 6 heteroatoms. The van der Waals surface area contributed by atoms with Crippen molar-refractivity contribution in [2.24, 2.45) is 0 Å². The summed E-state index contributed by atoms with van der Waals surface area (Å²) < 4.78 is 4.85. The van der Waals surface area contributed by atoms with Gasteiger partial charge < -0.3 is 19.8 Å². The molecule has 0 radical (unpaired) electrons. The second-order valence-electron chi connectivity index (χ2n) is 4.17. The zero-order valence-electron chi connectivity index (χ0n) is 10.1. The van der Waals surface area contributed by atoms with E-state index >= 15 is 0 Å². The number of ether oxygens (including phenoxy) is 1. The summed E-state index contributed by atoms with van der Waals surface area (Å²) in [7, 11) is 0. The first-order valence-electron chi connectivity index (χ1n) is 5.86. The van der Waals surface area contributed by atoms with Gasteiger partial charge in [-0.3, -0.25) is 0 Å². The highest BCUT2D eigenvalue weighted by molar-refractivity contribution is 5.89. The van der Waals surface area contributed by atoms with E-state index in [9.17, 15) is 15.0 Å². The van der Waals surface area contributed by atoms with E-state index in [1.807, 2.05) is 0 Å². The zero-order valence-corrected chi connectivity index (χ0v) is 10.1. The van der Waals surface area contributed by atoms with Gasteiger partial charge in [-0.05, 0) is 19.1 Å². The molecule has 1 aliphatic heterocycles. The normalized spacial score (nSPS) is 23.2. The highest BCUT2D eigenvalue weighted by atomic mass is 16.5. The van der Waals surface area contributed by atoms with Crippen molar-refractivity contribution in [1.29, 1.82) is 0 Å². The van der Waals surface area contributed by atoms with Crippen molar-refractivity contribution < 1.29 is 19.7 Å². The smallest absolute Gasteiger partial charge is 0.339 e. The molecule has 0 amide bonds. The van der Waals surface area contributed by atoms with Crippen LogP contribution in [0, 0.1) is 0 Å². The Labute approximate surface area is 105 Å². The number of aliphatic hydroxyl groups excluding tert-OH is 2. The van der Waals surface area contributed by atoms with Gasteiger partial charge in [0.15, 0.2) is 0 Å². The van der Waals surface area contributed by atoms with Crippen LogP contribution in [0.25, 0.3) is 0 Å². The number of carbonyl (C=O) groups is 1. The van der Waals surface area contributed by atoms with E-state index in [0.29, 0.717) is 31.1 Å². The van der Waals surface area contributed by atoms with Crippen molar-refractivity contribution >= 4 is 11.8 Å². The largest absolute Gasteiger partial charge is 0.462 e. The third-order valence-electron chi connectivity index (χ3n) is 2.84. The van der Waals surface area contributed by atoms with Crippen LogP contribution in [-0.4, -0.2) is 53.1 Å². The minimum absolute atomic E-state index is 0.324. The number of hydrogen-bond donors (Lipinski definition) is 2. The molecule has 1 aromatic rings. The molecule has 0 aromatic carbocycles. The molecule has 0 spiro atoms. The van der Waals surface area contributed by atoms with Crippen LogP contribution in [0.4, 0.5) is 5.82 Å². The fourth-order valence-corrected chi connectivity index (χ4v) is 1.86. The Bertz CT molecular complexity index is 411. The Balaban J connectivity index is 2.06. The first kappa shape index (κ1) is 12.8. The van der Waals surface area contributed by atoms with Crippen LogP contribution in [-0.2, 0) is 4.74 Å². The summed E-state index contributed by atoms with van der Waals surface area (Å²) in [5, 5.41) is 18.9. The topological polar surface area (TPSA) is 82.9 Å². The summed E-state index contributed by atoms with van der Waals surface area (Å²) >= 11 is 0. The van der Waals surface area contributed by atoms with Crippen molar-refractivity contribution in [3.8, 4) is 0 Å². The lowest BCUT2D eigenvalue weighted by atomic mass is 10.3. The molecule has 6 nitrogen and oxygen atoms in total. The molecule has 1 aliphatic rings. The molecule has 18 heavy (non-hydrogen) atoms. The summed E-state index contributed by atoms with van der Waals surface area (Å²) in [6.45, 7) is 2.75. The quantitative estimate of drug-likeness (QED) is 0.725. The summed E-state index contributed by atoms with van der Waals surface area (Å²) in [5.74, 6) is 0.219. The fourth-order valence-electron chi connectivity index (χ4n) is 1.86. The number of rotatable bonds is 3. The van der Waals surface area contributed by atoms with Crippen molar-refractivity contribution in [2.45, 2.75) is 19.1 Å². The molecular weight excluding hydrogens is 236 g/mol. The van der Waals surface area contributed by atoms with E-state index in [1.165, 1.54) is 6.20 Å². The number of β-amino-alcohol motifs (C(OH)–C–C–N with tert-alkyl or cyclic N) is 2. The van der Waals surface area contributed by atoms with Gasteiger partial charge in [0, 0.05) is 19.3 Å². The highest BCUT2D eigenvalue weighted by Crippen LogP contribution is 2.18. The van der Waals surface area contributed by atoms with E-state index in [-0.39, 0.29) is 0 Å². The molecule has 0 bridgehead atoms. The number of pyridine rings is 1. The molecule has 0 saturated carbocycles. The summed E-state index contributed by atoms with van der Waals surface area (Å²) in [6.07, 6.45) is -0.0715. The van der Waals surface area contributed by atoms with Gasteiger partial charge in [-0.15, -0.1) is 0 Å². The van der Waals surface area contributed by atoms with Crippen LogP contribution in [0.3, 0.4) is 0 Å². The Morgan fingerprint density at radius 2 is 2.11 bits per heavy atom. The highest BCUT2D eigenvalue weighted by Gasteiger charge is 2.30. The molecule has 2 unspecified atom stereocenters. The second-order valence-corrected chi connectivity index (χ2v) is 4.17. The maximum Gasteiger partial charge on any atom is 0.339 e. The number of aromatic nitrogens is 1. The third-order valence-corrected chi connectivity index (χ3v) is 2.84. The van der Waals surface area contributed by atoms with Gasteiger partial charge in [-0.2, -0.15) is 0 Å². The minimum Gasteiger partial charge on any atom is -0.462 e. The summed E-state index contributed by atoms with van der Waals surface area (Å²) in [6, 6.07) is 3.30. The maximum atomic E-state index is 11.4. The van der Waals surface area contributed by atoms with E-state index in [2.05, 4.69) is 4.98 Å². The summed E-state index contributed by atoms with van der Waals surface area (Å²) in [5.41, 5.74) is 0.390. The van der Waals surface area contributed by atoms with Gasteiger partial charge in [0.05, 0.1) is 24.4 Å². The maximum absolute atomic E-state index is 11.4. The van der Waals surface area contributed by atoms with Crippen LogP contribution < -0.4 is 4.90 Å². The molecule has 0 aliphatic carbocycles. The Kier molecular flexibility index (Phi) is 3.78. The van der Waals surface area contributed by atoms with Crippen LogP contribution >= 0.6 is 0 Å². The lowest BCUT2D eigenvalue weighted by Crippen LogP contribution is -2.22. The number of hydrogen-bond acceptors (Lipinski definition) is 6. The zero-order chi connectivity index (χ0) is 13.1. The van der Waals surface area contributed by atoms with E-state index in [0.717, 1.165) is 0 Å². The minimum atomic E-state index is -0.753. The van der Waals surface area contributed by atoms with Gasteiger partial charge >= 0.3 is 5.97 Å². The monoisotopic (exact) mass is 252 g/mol. The van der Waals surface area contributed by atoms with Crippen LogP contribution in [0.1, 0.15) is 17.3 Å². The van der Waals surface area contributed by atoms with Gasteiger partial charge in [0.25, 0.3) is 0 Å². The lowest BCUT2D eigenvalue weighted by molar-refractivity contribution is 0.0526. The third kappa shape index (κ3) is 2.60. The van der Waals surface area contributed by atoms with Crippen LogP contribution in [0.15, 0.2) is 18.3 Å². The molecule has 2 atom stereocenters. The van der Waals surface area contributed by atoms with E-state index in [1.54, 1.807) is 24.0 Å². The number of anilines is 1. The van der Waals surface area contributed by atoms with Gasteiger partial charge in [-0.1, -0.05) is 0 Å². The van der Waals surface area contributed by atoms with Crippen molar-refractivity contribution in [3.63, 3.8) is 0 Å². The molecule has 1 fully saturated rings. The predicted molar refractivity (Wildman–Crippen MR) is 64.4 cm³/mol. The number of nitrogens with zero attached hydrogens (tertiary/aromatic N) is 2. The molecule has 1 aromatic heterocycles. The van der Waals surface area contributed by atoms with Gasteiger partial charge in [-0.25, -0.2) is 9.78 Å². The molecule has 98 valence electrons. The Morgan fingerprint density at radius 1 is 1.44 bits per heavy atom. The molecule has 1 saturated heterocycles. The van der Waals surface area contributed by atoms with Crippen molar-refractivity contribution in [2.75, 3.05) is 24.6 Å². The van der Waals surface area contributed by atoms with Gasteiger partial charge in [0.1, 0.15) is 5.82 Å². The molecule has 2 N–H and O–H groups in total. The van der Waals surface area contributed by atoms with Crippen molar-refractivity contribution in [1.82, 2.24) is 4.98 Å². The SMILES string of the molecule is CCOC(=O)c1ccc(N2CC(O)C(O)C2)nc1. The second kappa shape index (κ2) is 5.32. The molecular formula is C12H16N2O4. The summed E-state index contributed by atoms with van der Waals surface area (Å²) in [4.78, 5) is 17.3. The van der Waals surface area contributed by atoms with Gasteiger partial charge in [0.2, 0.25) is 0 Å². The number of aliphatic hydroxyl groups is 2. The predicted octanol–water partition coefficient (Wildman–Crippen LogP) is -0.200. The Hall–Kier alpha value is -1.66. The first-order valence-corrected chi connectivity index (χ1v) is 5.86. The fraction of sp³-hybridized carbons (Fsp3) is 0.500. The first-order chi connectivity index (χ1) is 8.61. The molecule has 2 rings (SSSR count). The van der Waals surface area contributed by atoms with E-state index in [4.69, 9.17) is 4.74 Å². The molecule has 2 heterocycles. The van der Waals surface area contributed by atoms with Crippen molar-refractivity contribution in [3.05, 3.63) is 23.9 Å². The Morgan fingerprint density at radius 3 is 2.61 bits per heavy atom. The van der Waals surface area contributed by atoms with Crippen LogP contribution in [0.2, 0.25) is 0 Å². The van der Waals surface area contributed by atoms with Crippen LogP contribution in [0.5, 0.6) is 0 Å². The standard InChI is InChI=1S/C12H16N2O4/c1-2-18-12(17)8-3-4-11(13-5-8)14-6-9(15)10(16)7-14/h3-5,9-10,15-16H,2,6-7H2,1H3.